The van der Waals surface area contributed by atoms with Crippen molar-refractivity contribution in [2.45, 2.75) is 44.9 Å². The topological polar surface area (TPSA) is 72.3 Å². The molecule has 1 heterocycles. The van der Waals surface area contributed by atoms with Crippen LogP contribution in [0.3, 0.4) is 0 Å². The van der Waals surface area contributed by atoms with E-state index < -0.39 is 5.97 Å². The van der Waals surface area contributed by atoms with Crippen molar-refractivity contribution in [2.24, 2.45) is 11.8 Å². The van der Waals surface area contributed by atoms with Gasteiger partial charge in [-0.25, -0.2) is 4.98 Å². The van der Waals surface area contributed by atoms with E-state index in [1.54, 1.807) is 19.5 Å². The molecule has 0 saturated heterocycles. The average Bonchev–Trinajstić information content (AvgIpc) is 2.47. The molecule has 3 unspecified atom stereocenters. The molecule has 0 bridgehead atoms. The van der Waals surface area contributed by atoms with Gasteiger partial charge in [0.2, 0.25) is 5.88 Å². The van der Waals surface area contributed by atoms with Crippen LogP contribution in [0.2, 0.25) is 0 Å². The molecule has 1 aliphatic carbocycles. The smallest absolute Gasteiger partial charge is 0.307 e. The van der Waals surface area contributed by atoms with Gasteiger partial charge in [-0.3, -0.25) is 9.78 Å². The fraction of sp³-hybridized carbons (Fsp3) is 0.667. The lowest BCUT2D eigenvalue weighted by Gasteiger charge is -2.33. The Morgan fingerprint density at radius 2 is 2.15 bits per heavy atom. The summed E-state index contributed by atoms with van der Waals surface area (Å²) in [6.45, 7) is 2.17. The highest BCUT2D eigenvalue weighted by Gasteiger charge is 2.38. The number of hydrogen-bond donors (Lipinski definition) is 1. The lowest BCUT2D eigenvalue weighted by molar-refractivity contribution is -0.144. The maximum absolute atomic E-state index is 11.5. The van der Waals surface area contributed by atoms with Gasteiger partial charge in [0.05, 0.1) is 13.0 Å². The molecule has 1 aromatic heterocycles. The van der Waals surface area contributed by atoms with Crippen LogP contribution in [0.4, 0.5) is 0 Å². The van der Waals surface area contributed by atoms with Crippen molar-refractivity contribution in [3.05, 3.63) is 18.1 Å². The van der Waals surface area contributed by atoms with E-state index in [9.17, 15) is 9.90 Å². The number of carbonyl (C=O) groups is 1. The van der Waals surface area contributed by atoms with Crippen LogP contribution in [0.25, 0.3) is 0 Å². The third kappa shape index (κ3) is 3.08. The molecular formula is C15H22N2O3. The number of carboxylic acids is 1. The van der Waals surface area contributed by atoms with Gasteiger partial charge < -0.3 is 9.84 Å². The van der Waals surface area contributed by atoms with Crippen molar-refractivity contribution in [1.29, 1.82) is 0 Å². The van der Waals surface area contributed by atoms with Crippen LogP contribution in [-0.4, -0.2) is 28.2 Å². The predicted octanol–water partition coefficient (Wildman–Crippen LogP) is 2.87. The second-order valence-corrected chi connectivity index (χ2v) is 5.47. The summed E-state index contributed by atoms with van der Waals surface area (Å²) in [4.78, 5) is 20.0. The van der Waals surface area contributed by atoms with E-state index in [-0.39, 0.29) is 11.8 Å². The third-order valence-corrected chi connectivity index (χ3v) is 4.21. The monoisotopic (exact) mass is 278 g/mol. The van der Waals surface area contributed by atoms with E-state index in [1.807, 2.05) is 0 Å². The third-order valence-electron chi connectivity index (χ3n) is 4.21. The van der Waals surface area contributed by atoms with Crippen LogP contribution in [-0.2, 0) is 4.79 Å². The van der Waals surface area contributed by atoms with Gasteiger partial charge in [-0.15, -0.1) is 0 Å². The molecule has 1 aliphatic rings. The summed E-state index contributed by atoms with van der Waals surface area (Å²) >= 11 is 0. The van der Waals surface area contributed by atoms with Gasteiger partial charge in [0.1, 0.15) is 5.69 Å². The minimum Gasteiger partial charge on any atom is -0.481 e. The Morgan fingerprint density at radius 1 is 1.40 bits per heavy atom. The van der Waals surface area contributed by atoms with E-state index in [0.717, 1.165) is 25.7 Å². The van der Waals surface area contributed by atoms with Crippen LogP contribution in [0.15, 0.2) is 12.4 Å². The first-order valence-electron chi connectivity index (χ1n) is 7.25. The molecule has 0 amide bonds. The van der Waals surface area contributed by atoms with Gasteiger partial charge in [0.25, 0.3) is 0 Å². The number of hydrogen-bond acceptors (Lipinski definition) is 4. The summed E-state index contributed by atoms with van der Waals surface area (Å²) in [5.41, 5.74) is 0.697. The number of methoxy groups -OCH3 is 1. The van der Waals surface area contributed by atoms with Crippen molar-refractivity contribution < 1.29 is 14.6 Å². The molecule has 0 aromatic carbocycles. The van der Waals surface area contributed by atoms with Crippen molar-refractivity contribution in [3.8, 4) is 5.88 Å². The van der Waals surface area contributed by atoms with Crippen LogP contribution in [0.1, 0.15) is 50.6 Å². The van der Waals surface area contributed by atoms with Crippen molar-refractivity contribution in [3.63, 3.8) is 0 Å². The Morgan fingerprint density at radius 3 is 2.80 bits per heavy atom. The molecule has 110 valence electrons. The highest BCUT2D eigenvalue weighted by atomic mass is 16.5. The molecule has 1 aromatic rings. The lowest BCUT2D eigenvalue weighted by atomic mass is 9.71. The number of nitrogens with zero attached hydrogens (tertiary/aromatic N) is 2. The largest absolute Gasteiger partial charge is 0.481 e. The van der Waals surface area contributed by atoms with E-state index in [0.29, 0.717) is 23.9 Å². The van der Waals surface area contributed by atoms with E-state index in [1.165, 1.54) is 0 Å². The molecule has 2 rings (SSSR count). The molecule has 3 atom stereocenters. The van der Waals surface area contributed by atoms with Crippen LogP contribution < -0.4 is 4.74 Å². The molecule has 5 nitrogen and oxygen atoms in total. The molecular weight excluding hydrogens is 256 g/mol. The van der Waals surface area contributed by atoms with Gasteiger partial charge in [-0.05, 0) is 25.2 Å². The van der Waals surface area contributed by atoms with Crippen LogP contribution >= 0.6 is 0 Å². The van der Waals surface area contributed by atoms with Crippen molar-refractivity contribution in [1.82, 2.24) is 9.97 Å². The number of rotatable bonds is 5. The molecule has 0 aliphatic heterocycles. The Kier molecular flexibility index (Phi) is 4.93. The quantitative estimate of drug-likeness (QED) is 0.896. The summed E-state index contributed by atoms with van der Waals surface area (Å²) in [5, 5.41) is 9.46. The maximum Gasteiger partial charge on any atom is 0.307 e. The van der Waals surface area contributed by atoms with Crippen molar-refractivity contribution in [2.75, 3.05) is 7.11 Å². The Labute approximate surface area is 119 Å². The first-order valence-corrected chi connectivity index (χ1v) is 7.25. The van der Waals surface area contributed by atoms with Gasteiger partial charge in [-0.2, -0.15) is 0 Å². The fourth-order valence-electron chi connectivity index (χ4n) is 3.27. The standard InChI is InChI=1S/C15H22N2O3/c1-3-4-10-5-6-11(15(18)19)12(9-10)13-14(20-2)17-8-7-16-13/h7-8,10-12H,3-6,9H2,1-2H3,(H,18,19). The Bertz CT molecular complexity index is 464. The lowest BCUT2D eigenvalue weighted by Crippen LogP contribution is -2.30. The van der Waals surface area contributed by atoms with Gasteiger partial charge in [-0.1, -0.05) is 19.8 Å². The molecule has 1 N–H and O–H groups in total. The summed E-state index contributed by atoms with van der Waals surface area (Å²) in [6.07, 6.45) is 8.02. The zero-order valence-corrected chi connectivity index (χ0v) is 12.1. The summed E-state index contributed by atoms with van der Waals surface area (Å²) in [7, 11) is 1.55. The summed E-state index contributed by atoms with van der Waals surface area (Å²) in [6, 6.07) is 0. The normalized spacial score (nSPS) is 26.2. The highest BCUT2D eigenvalue weighted by molar-refractivity contribution is 5.71. The SMILES string of the molecule is CCCC1CCC(C(=O)O)C(c2nccnc2OC)C1. The average molecular weight is 278 g/mol. The first kappa shape index (κ1) is 14.8. The fourth-order valence-corrected chi connectivity index (χ4v) is 3.27. The number of carboxylic acid groups (broad SMARTS) is 1. The molecule has 1 fully saturated rings. The summed E-state index contributed by atoms with van der Waals surface area (Å²) in [5.74, 6) is -0.180. The second kappa shape index (κ2) is 6.68. The van der Waals surface area contributed by atoms with Crippen LogP contribution in [0.5, 0.6) is 5.88 Å². The first-order chi connectivity index (χ1) is 9.67. The minimum absolute atomic E-state index is 0.0959. The molecule has 0 spiro atoms. The van der Waals surface area contributed by atoms with E-state index in [4.69, 9.17) is 4.74 Å². The highest BCUT2D eigenvalue weighted by Crippen LogP contribution is 2.43. The molecule has 20 heavy (non-hydrogen) atoms. The Hall–Kier alpha value is -1.65. The van der Waals surface area contributed by atoms with Gasteiger partial charge >= 0.3 is 5.97 Å². The Balaban J connectivity index is 2.29. The summed E-state index contributed by atoms with van der Waals surface area (Å²) < 4.78 is 5.26. The zero-order valence-electron chi connectivity index (χ0n) is 12.1. The maximum atomic E-state index is 11.5. The minimum atomic E-state index is -0.738. The number of ether oxygens (including phenoxy) is 1. The molecule has 5 heteroatoms. The number of aliphatic carboxylic acids is 1. The second-order valence-electron chi connectivity index (χ2n) is 5.47. The van der Waals surface area contributed by atoms with Gasteiger partial charge in [0.15, 0.2) is 0 Å². The van der Waals surface area contributed by atoms with Crippen molar-refractivity contribution >= 4 is 5.97 Å². The zero-order chi connectivity index (χ0) is 14.5. The van der Waals surface area contributed by atoms with Crippen LogP contribution in [0, 0.1) is 11.8 Å². The van der Waals surface area contributed by atoms with Gasteiger partial charge in [0, 0.05) is 18.3 Å². The predicted molar refractivity (Wildman–Crippen MR) is 74.7 cm³/mol. The number of aromatic nitrogens is 2. The van der Waals surface area contributed by atoms with E-state index in [2.05, 4.69) is 16.9 Å². The molecule has 1 saturated carbocycles. The molecule has 0 radical (unpaired) electrons. The van der Waals surface area contributed by atoms with E-state index >= 15 is 0 Å².